The van der Waals surface area contributed by atoms with E-state index in [-0.39, 0.29) is 30.4 Å². The molecule has 3 amide bonds. The maximum Gasteiger partial charge on any atom is 0.319 e. The molecule has 152 valence electrons. The van der Waals surface area contributed by atoms with Gasteiger partial charge in [-0.2, -0.15) is 5.10 Å². The fraction of sp³-hybridized carbons (Fsp3) is 0.421. The van der Waals surface area contributed by atoms with E-state index in [0.717, 1.165) is 24.1 Å². The number of anilines is 1. The Labute approximate surface area is 171 Å². The van der Waals surface area contributed by atoms with Crippen LogP contribution in [-0.2, 0) is 11.8 Å². The number of hydrogen-bond acceptors (Lipinski definition) is 4. The van der Waals surface area contributed by atoms with Crippen LogP contribution in [0.1, 0.15) is 24.4 Å². The molecule has 0 radical (unpaired) electrons. The number of hydrogen-bond donors (Lipinski definition) is 3. The second-order valence-corrected chi connectivity index (χ2v) is 6.73. The summed E-state index contributed by atoms with van der Waals surface area (Å²) in [7, 11) is 3.61. The fourth-order valence-corrected chi connectivity index (χ4v) is 3.32. The van der Waals surface area contributed by atoms with Crippen molar-refractivity contribution in [2.24, 2.45) is 7.05 Å². The number of piperidine rings is 1. The fourth-order valence-electron chi connectivity index (χ4n) is 3.32. The minimum atomic E-state index is -0.399. The summed E-state index contributed by atoms with van der Waals surface area (Å²) in [6.07, 6.45) is 5.03. The Morgan fingerprint density at radius 3 is 2.43 bits per heavy atom. The number of halogens is 1. The molecule has 0 saturated carbocycles. The first-order valence-corrected chi connectivity index (χ1v) is 9.14. The number of nitrogens with zero attached hydrogens (tertiary/aromatic N) is 3. The highest BCUT2D eigenvalue weighted by Crippen LogP contribution is 2.19. The lowest BCUT2D eigenvalue weighted by molar-refractivity contribution is -0.134. The van der Waals surface area contributed by atoms with Crippen LogP contribution in [0.2, 0.25) is 0 Å². The highest BCUT2D eigenvalue weighted by Gasteiger charge is 2.29. The molecule has 1 fully saturated rings. The number of carbonyl (C=O) groups excluding carboxylic acids is 2. The lowest BCUT2D eigenvalue weighted by Crippen LogP contribution is -2.49. The third kappa shape index (κ3) is 5.46. The van der Waals surface area contributed by atoms with Crippen LogP contribution in [0.15, 0.2) is 42.7 Å². The molecule has 1 aliphatic heterocycles. The first kappa shape index (κ1) is 21.7. The number of likely N-dealkylation sites (tertiary alicyclic amines) is 1. The first-order chi connectivity index (χ1) is 13.1. The standard InChI is InChI=1S/C19H26N6O2.ClH/c1-20-17(14-12-21-24(2)13-14)18(26)25-10-8-16(9-11-25)23-19(27)22-15-6-4-3-5-7-15;/h3-7,12-13,16-17,20H,8-11H2,1-2H3,(H2,22,23,27);1H. The Hall–Kier alpha value is -2.58. The molecule has 1 unspecified atom stereocenters. The van der Waals surface area contributed by atoms with Gasteiger partial charge in [0.05, 0.1) is 6.20 Å². The molecule has 8 nitrogen and oxygen atoms in total. The molecule has 0 bridgehead atoms. The van der Waals surface area contributed by atoms with Crippen molar-refractivity contribution in [3.63, 3.8) is 0 Å². The Morgan fingerprint density at radius 1 is 1.18 bits per heavy atom. The largest absolute Gasteiger partial charge is 0.341 e. The molecule has 1 aliphatic rings. The van der Waals surface area contributed by atoms with Crippen molar-refractivity contribution in [1.82, 2.24) is 25.3 Å². The van der Waals surface area contributed by atoms with Crippen molar-refractivity contribution in [1.29, 1.82) is 0 Å². The zero-order valence-electron chi connectivity index (χ0n) is 16.1. The van der Waals surface area contributed by atoms with E-state index < -0.39 is 6.04 Å². The molecule has 2 heterocycles. The predicted molar refractivity (Wildman–Crippen MR) is 110 cm³/mol. The topological polar surface area (TPSA) is 91.3 Å². The van der Waals surface area contributed by atoms with Gasteiger partial charge in [0, 0.05) is 43.6 Å². The Balaban J connectivity index is 0.00000280. The molecule has 1 atom stereocenters. The zero-order chi connectivity index (χ0) is 19.2. The second-order valence-electron chi connectivity index (χ2n) is 6.73. The van der Waals surface area contributed by atoms with Crippen LogP contribution in [0, 0.1) is 0 Å². The van der Waals surface area contributed by atoms with Crippen molar-refractivity contribution >= 4 is 30.0 Å². The van der Waals surface area contributed by atoms with E-state index in [2.05, 4.69) is 21.0 Å². The van der Waals surface area contributed by atoms with Crippen LogP contribution in [0.4, 0.5) is 10.5 Å². The summed E-state index contributed by atoms with van der Waals surface area (Å²) >= 11 is 0. The van der Waals surface area contributed by atoms with Crippen LogP contribution in [0.3, 0.4) is 0 Å². The molecule has 1 aromatic heterocycles. The number of aryl methyl sites for hydroxylation is 1. The van der Waals surface area contributed by atoms with Crippen LogP contribution < -0.4 is 16.0 Å². The molecule has 1 aromatic carbocycles. The van der Waals surface area contributed by atoms with E-state index in [4.69, 9.17) is 0 Å². The van der Waals surface area contributed by atoms with Crippen molar-refractivity contribution in [3.8, 4) is 0 Å². The minimum absolute atomic E-state index is 0. The summed E-state index contributed by atoms with van der Waals surface area (Å²) in [5, 5.41) is 13.0. The van der Waals surface area contributed by atoms with E-state index in [1.165, 1.54) is 0 Å². The van der Waals surface area contributed by atoms with Crippen molar-refractivity contribution in [2.75, 3.05) is 25.5 Å². The summed E-state index contributed by atoms with van der Waals surface area (Å²) < 4.78 is 1.69. The van der Waals surface area contributed by atoms with Gasteiger partial charge in [0.25, 0.3) is 0 Å². The van der Waals surface area contributed by atoms with Gasteiger partial charge in [-0.05, 0) is 32.0 Å². The monoisotopic (exact) mass is 406 g/mol. The second kappa shape index (κ2) is 10.1. The average Bonchev–Trinajstić information content (AvgIpc) is 3.09. The predicted octanol–water partition coefficient (Wildman–Crippen LogP) is 1.92. The zero-order valence-corrected chi connectivity index (χ0v) is 16.9. The lowest BCUT2D eigenvalue weighted by atomic mass is 10.0. The summed E-state index contributed by atoms with van der Waals surface area (Å²) in [4.78, 5) is 26.8. The molecule has 0 spiro atoms. The summed E-state index contributed by atoms with van der Waals surface area (Å²) in [6, 6.07) is 8.79. The van der Waals surface area contributed by atoms with Gasteiger partial charge >= 0.3 is 6.03 Å². The van der Waals surface area contributed by atoms with Crippen molar-refractivity contribution in [2.45, 2.75) is 24.9 Å². The molecule has 0 aliphatic carbocycles. The molecular weight excluding hydrogens is 380 g/mol. The highest BCUT2D eigenvalue weighted by atomic mass is 35.5. The smallest absolute Gasteiger partial charge is 0.319 e. The van der Waals surface area contributed by atoms with Gasteiger partial charge in [-0.3, -0.25) is 9.48 Å². The maximum atomic E-state index is 12.8. The molecule has 2 aromatic rings. The SMILES string of the molecule is CNC(C(=O)N1CCC(NC(=O)Nc2ccccc2)CC1)c1cnn(C)c1.Cl. The molecule has 1 saturated heterocycles. The number of rotatable bonds is 5. The molecule has 3 N–H and O–H groups in total. The van der Waals surface area contributed by atoms with Crippen LogP contribution >= 0.6 is 12.4 Å². The van der Waals surface area contributed by atoms with E-state index >= 15 is 0 Å². The van der Waals surface area contributed by atoms with E-state index in [0.29, 0.717) is 13.1 Å². The number of amides is 3. The Morgan fingerprint density at radius 2 is 1.86 bits per heavy atom. The third-order valence-electron chi connectivity index (χ3n) is 4.77. The molecule has 3 rings (SSSR count). The van der Waals surface area contributed by atoms with Gasteiger partial charge in [0.1, 0.15) is 6.04 Å². The number of nitrogens with one attached hydrogen (secondary N) is 3. The first-order valence-electron chi connectivity index (χ1n) is 9.14. The summed E-state index contributed by atoms with van der Waals surface area (Å²) in [6.45, 7) is 1.24. The minimum Gasteiger partial charge on any atom is -0.341 e. The molecule has 28 heavy (non-hydrogen) atoms. The number of aromatic nitrogens is 2. The van der Waals surface area contributed by atoms with Crippen LogP contribution in [0.5, 0.6) is 0 Å². The summed E-state index contributed by atoms with van der Waals surface area (Å²) in [5.74, 6) is 0.0395. The van der Waals surface area contributed by atoms with Crippen LogP contribution in [-0.4, -0.2) is 52.8 Å². The number of carbonyl (C=O) groups is 2. The Kier molecular flexibility index (Phi) is 7.83. The van der Waals surface area contributed by atoms with E-state index in [1.54, 1.807) is 17.9 Å². The third-order valence-corrected chi connectivity index (χ3v) is 4.77. The lowest BCUT2D eigenvalue weighted by Gasteiger charge is -2.34. The number of para-hydroxylation sites is 1. The van der Waals surface area contributed by atoms with Gasteiger partial charge in [0.2, 0.25) is 5.91 Å². The van der Waals surface area contributed by atoms with Crippen LogP contribution in [0.25, 0.3) is 0 Å². The number of benzene rings is 1. The quantitative estimate of drug-likeness (QED) is 0.707. The number of likely N-dealkylation sites (N-methyl/N-ethyl adjacent to an activating group) is 1. The van der Waals surface area contributed by atoms with Gasteiger partial charge in [-0.15, -0.1) is 12.4 Å². The normalized spacial score (nSPS) is 15.4. The van der Waals surface area contributed by atoms with Crippen molar-refractivity contribution < 1.29 is 9.59 Å². The van der Waals surface area contributed by atoms with E-state index in [9.17, 15) is 9.59 Å². The Bertz CT molecular complexity index is 774. The summed E-state index contributed by atoms with van der Waals surface area (Å²) in [5.41, 5.74) is 1.61. The van der Waals surface area contributed by atoms with Crippen molar-refractivity contribution in [3.05, 3.63) is 48.3 Å². The molecule has 9 heteroatoms. The van der Waals surface area contributed by atoms with E-state index in [1.807, 2.05) is 48.5 Å². The highest BCUT2D eigenvalue weighted by molar-refractivity contribution is 5.89. The van der Waals surface area contributed by atoms with Gasteiger partial charge in [-0.25, -0.2) is 4.79 Å². The average molecular weight is 407 g/mol. The number of urea groups is 1. The maximum absolute atomic E-state index is 12.8. The van der Waals surface area contributed by atoms with Gasteiger partial charge in [-0.1, -0.05) is 18.2 Å². The molecular formula is C19H27ClN6O2. The van der Waals surface area contributed by atoms with Gasteiger partial charge < -0.3 is 20.9 Å². The van der Waals surface area contributed by atoms with Gasteiger partial charge in [0.15, 0.2) is 0 Å².